The molecule has 0 aliphatic carbocycles. The molecule has 0 unspecified atom stereocenters. The van der Waals surface area contributed by atoms with E-state index in [1.807, 2.05) is 30.3 Å². The predicted octanol–water partition coefficient (Wildman–Crippen LogP) is 4.90. The lowest BCUT2D eigenvalue weighted by Crippen LogP contribution is -1.55. The van der Waals surface area contributed by atoms with Crippen LogP contribution in [0.25, 0.3) is 0 Å². The van der Waals surface area contributed by atoms with E-state index in [1.165, 1.54) is 0 Å². The standard InChI is InChI=1S/C6H5Br.CHBr3/c7-6-4-2-1-3-5-6;2-1(3)4/h1-5H;1H. The summed E-state index contributed by atoms with van der Waals surface area (Å²) < 4.78 is 1.41. The number of benzene rings is 1. The van der Waals surface area contributed by atoms with E-state index in [4.69, 9.17) is 0 Å². The van der Waals surface area contributed by atoms with Gasteiger partial charge in [-0.2, -0.15) is 0 Å². The molecule has 0 nitrogen and oxygen atoms in total. The van der Waals surface area contributed by atoms with Gasteiger partial charge in [0.05, 0.1) is 0 Å². The van der Waals surface area contributed by atoms with E-state index in [9.17, 15) is 0 Å². The average Bonchev–Trinajstić information content (AvgIpc) is 1.87. The number of alkyl halides is 3. The maximum Gasteiger partial charge on any atom is 0.124 e. The van der Waals surface area contributed by atoms with Crippen LogP contribution in [0.4, 0.5) is 0 Å². The van der Waals surface area contributed by atoms with Gasteiger partial charge in [-0.05, 0) is 12.1 Å². The molecule has 0 amide bonds. The largest absolute Gasteiger partial charge is 0.124 e. The third-order valence-corrected chi connectivity index (χ3v) is 1.26. The molecule has 4 heteroatoms. The highest BCUT2D eigenvalue weighted by Gasteiger charge is 1.77. The predicted molar refractivity (Wildman–Crippen MR) is 64.7 cm³/mol. The van der Waals surface area contributed by atoms with E-state index in [-0.39, 0.29) is 2.65 Å². The van der Waals surface area contributed by atoms with Crippen LogP contribution in [-0.2, 0) is 0 Å². The van der Waals surface area contributed by atoms with Crippen LogP contribution in [0, 0.1) is 0 Å². The van der Waals surface area contributed by atoms with Crippen LogP contribution in [0.15, 0.2) is 34.8 Å². The molecule has 1 aromatic rings. The molecule has 62 valence electrons. The van der Waals surface area contributed by atoms with Crippen molar-refractivity contribution < 1.29 is 0 Å². The smallest absolute Gasteiger partial charge is 0.0637 e. The molecule has 0 saturated heterocycles. The summed E-state index contributed by atoms with van der Waals surface area (Å²) in [5.74, 6) is 0. The maximum atomic E-state index is 3.31. The summed E-state index contributed by atoms with van der Waals surface area (Å²) >= 11 is 12.6. The van der Waals surface area contributed by atoms with Crippen LogP contribution < -0.4 is 0 Å². The SMILES string of the molecule is BrC(Br)Br.Brc1ccccc1. The highest BCUT2D eigenvalue weighted by atomic mass is 80.0. The van der Waals surface area contributed by atoms with Crippen LogP contribution >= 0.6 is 63.7 Å². The molecular formula is C7H6Br4. The summed E-state index contributed by atoms with van der Waals surface area (Å²) in [6.07, 6.45) is 0. The molecule has 0 saturated carbocycles. The van der Waals surface area contributed by atoms with Gasteiger partial charge in [0.1, 0.15) is 2.65 Å². The first-order valence-electron chi connectivity index (χ1n) is 2.75. The molecule has 11 heavy (non-hydrogen) atoms. The Balaban J connectivity index is 0.000000218. The van der Waals surface area contributed by atoms with Crippen LogP contribution in [0.1, 0.15) is 0 Å². The lowest BCUT2D eigenvalue weighted by molar-refractivity contribution is 1.66. The maximum absolute atomic E-state index is 3.31. The minimum atomic E-state index is 0.271. The Morgan fingerprint density at radius 1 is 0.909 bits per heavy atom. The van der Waals surface area contributed by atoms with Crippen molar-refractivity contribution in [2.75, 3.05) is 0 Å². The molecule has 0 spiro atoms. The van der Waals surface area contributed by atoms with Gasteiger partial charge in [-0.15, -0.1) is 0 Å². The second-order valence-corrected chi connectivity index (χ2v) is 8.89. The zero-order valence-corrected chi connectivity index (χ0v) is 11.8. The number of hydrogen-bond acceptors (Lipinski definition) is 0. The van der Waals surface area contributed by atoms with Gasteiger partial charge in [-0.1, -0.05) is 81.9 Å². The molecule has 0 aromatic heterocycles. The van der Waals surface area contributed by atoms with Crippen molar-refractivity contribution in [1.82, 2.24) is 0 Å². The molecule has 1 rings (SSSR count). The summed E-state index contributed by atoms with van der Waals surface area (Å²) in [5, 5.41) is 0. The Bertz CT molecular complexity index is 170. The minimum Gasteiger partial charge on any atom is -0.0637 e. The summed E-state index contributed by atoms with van der Waals surface area (Å²) in [4.78, 5) is 0. The molecular weight excluding hydrogens is 404 g/mol. The molecule has 0 radical (unpaired) electrons. The minimum absolute atomic E-state index is 0.271. The summed E-state index contributed by atoms with van der Waals surface area (Å²) in [6.45, 7) is 0. The number of hydrogen-bond donors (Lipinski definition) is 0. The molecule has 1 aromatic carbocycles. The monoisotopic (exact) mass is 406 g/mol. The first-order chi connectivity index (χ1) is 5.13. The molecule has 0 aliphatic rings. The normalized spacial score (nSPS) is 8.82. The molecule has 0 bridgehead atoms. The fraction of sp³-hybridized carbons (Fsp3) is 0.143. The van der Waals surface area contributed by atoms with Gasteiger partial charge in [-0.25, -0.2) is 0 Å². The quantitative estimate of drug-likeness (QED) is 0.534. The van der Waals surface area contributed by atoms with Crippen LogP contribution in [0.5, 0.6) is 0 Å². The third kappa shape index (κ3) is 11.1. The zero-order chi connectivity index (χ0) is 8.69. The Hall–Kier alpha value is 1.14. The van der Waals surface area contributed by atoms with Gasteiger partial charge in [0.25, 0.3) is 0 Å². The Morgan fingerprint density at radius 2 is 1.27 bits per heavy atom. The molecule has 0 aliphatic heterocycles. The van der Waals surface area contributed by atoms with E-state index in [0.717, 1.165) is 4.47 Å². The van der Waals surface area contributed by atoms with Crippen molar-refractivity contribution in [1.29, 1.82) is 0 Å². The average molecular weight is 410 g/mol. The molecule has 0 N–H and O–H groups in total. The number of halogens is 4. The van der Waals surface area contributed by atoms with Crippen molar-refractivity contribution >= 4 is 63.7 Å². The molecule has 0 atom stereocenters. The lowest BCUT2D eigenvalue weighted by atomic mass is 10.4. The van der Waals surface area contributed by atoms with Crippen molar-refractivity contribution in [2.24, 2.45) is 0 Å². The van der Waals surface area contributed by atoms with Gasteiger partial charge in [0, 0.05) is 4.47 Å². The summed E-state index contributed by atoms with van der Waals surface area (Å²) in [6, 6.07) is 9.97. The van der Waals surface area contributed by atoms with Gasteiger partial charge in [-0.3, -0.25) is 0 Å². The molecule has 0 heterocycles. The highest BCUT2D eigenvalue weighted by Crippen LogP contribution is 2.13. The van der Waals surface area contributed by atoms with Gasteiger partial charge in [0.2, 0.25) is 0 Å². The fourth-order valence-electron chi connectivity index (χ4n) is 0.415. The van der Waals surface area contributed by atoms with Crippen molar-refractivity contribution in [3.63, 3.8) is 0 Å². The Labute approximate surface area is 100 Å². The molecule has 0 fully saturated rings. The number of rotatable bonds is 0. The van der Waals surface area contributed by atoms with E-state index in [2.05, 4.69) is 63.7 Å². The topological polar surface area (TPSA) is 0 Å². The Morgan fingerprint density at radius 3 is 1.45 bits per heavy atom. The van der Waals surface area contributed by atoms with Crippen LogP contribution in [0.3, 0.4) is 0 Å². The van der Waals surface area contributed by atoms with Crippen molar-refractivity contribution in [3.05, 3.63) is 34.8 Å². The third-order valence-electron chi connectivity index (χ3n) is 0.733. The lowest BCUT2D eigenvalue weighted by Gasteiger charge is -1.80. The van der Waals surface area contributed by atoms with Crippen molar-refractivity contribution in [2.45, 2.75) is 2.65 Å². The summed E-state index contributed by atoms with van der Waals surface area (Å²) in [5.41, 5.74) is 0. The van der Waals surface area contributed by atoms with Crippen LogP contribution in [0.2, 0.25) is 0 Å². The van der Waals surface area contributed by atoms with E-state index in [1.54, 1.807) is 0 Å². The van der Waals surface area contributed by atoms with Crippen molar-refractivity contribution in [3.8, 4) is 0 Å². The second kappa shape index (κ2) is 7.77. The van der Waals surface area contributed by atoms with E-state index in [0.29, 0.717) is 0 Å². The first-order valence-corrected chi connectivity index (χ1v) is 6.29. The fourth-order valence-corrected chi connectivity index (χ4v) is 0.720. The zero-order valence-electron chi connectivity index (χ0n) is 5.48. The van der Waals surface area contributed by atoms with Gasteiger partial charge in [0.15, 0.2) is 0 Å². The van der Waals surface area contributed by atoms with E-state index < -0.39 is 0 Å². The second-order valence-electron chi connectivity index (χ2n) is 1.54. The van der Waals surface area contributed by atoms with Gasteiger partial charge < -0.3 is 0 Å². The Kier molecular flexibility index (Phi) is 8.58. The highest BCUT2D eigenvalue weighted by molar-refractivity contribution is 9.38. The van der Waals surface area contributed by atoms with E-state index >= 15 is 0 Å². The van der Waals surface area contributed by atoms with Crippen LogP contribution in [-0.4, -0.2) is 2.65 Å². The first kappa shape index (κ1) is 12.1. The van der Waals surface area contributed by atoms with Gasteiger partial charge >= 0.3 is 0 Å². The summed E-state index contributed by atoms with van der Waals surface area (Å²) in [7, 11) is 0.